The van der Waals surface area contributed by atoms with Crippen LogP contribution >= 0.6 is 31.9 Å². The molecular weight excluding hydrogens is 370 g/mol. The normalized spacial score (nSPS) is 9.95. The molecule has 0 heterocycles. The Hall–Kier alpha value is -1.51. The Bertz CT molecular complexity index is 648. The third-order valence-corrected chi connectivity index (χ3v) is 3.77. The maximum absolute atomic E-state index is 8.76. The van der Waals surface area contributed by atoms with Crippen molar-refractivity contribution in [3.05, 3.63) is 50.9 Å². The Morgan fingerprint density at radius 3 is 2.63 bits per heavy atom. The molecule has 0 aliphatic rings. The smallest absolute Gasteiger partial charge is 0.0670 e. The topological polar surface area (TPSA) is 61.8 Å². The maximum Gasteiger partial charge on any atom is 0.0670 e. The molecule has 0 atom stereocenters. The summed E-state index contributed by atoms with van der Waals surface area (Å²) >= 11 is 6.91. The number of nitrogens with two attached hydrogens (primary N) is 1. The molecule has 0 radical (unpaired) electrons. The van der Waals surface area contributed by atoms with Crippen LogP contribution in [0.15, 0.2) is 45.3 Å². The number of nitriles is 1. The largest absolute Gasteiger partial charge is 0.398 e. The van der Waals surface area contributed by atoms with E-state index in [1.165, 1.54) is 0 Å². The highest BCUT2D eigenvalue weighted by molar-refractivity contribution is 9.11. The van der Waals surface area contributed by atoms with Crippen molar-refractivity contribution in [2.24, 2.45) is 0 Å². The van der Waals surface area contributed by atoms with Crippen molar-refractivity contribution >= 4 is 48.9 Å². The number of nitrogen functional groups attached to an aromatic ring is 1. The van der Waals surface area contributed by atoms with E-state index in [-0.39, 0.29) is 0 Å². The summed E-state index contributed by atoms with van der Waals surface area (Å²) in [5.41, 5.74) is 9.16. The molecule has 0 fully saturated rings. The van der Waals surface area contributed by atoms with Gasteiger partial charge in [0, 0.05) is 20.3 Å². The van der Waals surface area contributed by atoms with E-state index in [0.29, 0.717) is 12.1 Å². The number of halogens is 2. The number of rotatable bonds is 3. The molecule has 2 rings (SSSR count). The highest BCUT2D eigenvalue weighted by atomic mass is 79.9. The first-order chi connectivity index (χ1) is 9.10. The van der Waals surface area contributed by atoms with Crippen LogP contribution in [0.25, 0.3) is 0 Å². The van der Waals surface area contributed by atoms with Crippen LogP contribution in [0.5, 0.6) is 0 Å². The highest BCUT2D eigenvalue weighted by Gasteiger charge is 2.04. The lowest BCUT2D eigenvalue weighted by Crippen LogP contribution is -1.97. The Morgan fingerprint density at radius 2 is 1.95 bits per heavy atom. The standard InChI is InChI=1S/C14H11Br2N3/c15-10-1-4-14(12(16)8-10)19-11-2-3-13(18)9(7-11)5-6-17/h1-4,7-8,19H,5,18H2. The first-order valence-corrected chi connectivity index (χ1v) is 7.16. The average Bonchev–Trinajstić information content (AvgIpc) is 2.37. The molecule has 3 N–H and O–H groups in total. The van der Waals surface area contributed by atoms with Gasteiger partial charge in [-0.3, -0.25) is 0 Å². The van der Waals surface area contributed by atoms with Crippen molar-refractivity contribution in [2.45, 2.75) is 6.42 Å². The predicted octanol–water partition coefficient (Wildman–Crippen LogP) is 4.60. The summed E-state index contributed by atoms with van der Waals surface area (Å²) in [6.45, 7) is 0. The lowest BCUT2D eigenvalue weighted by atomic mass is 10.1. The molecule has 19 heavy (non-hydrogen) atoms. The van der Waals surface area contributed by atoms with Crippen molar-refractivity contribution in [1.82, 2.24) is 0 Å². The zero-order chi connectivity index (χ0) is 13.8. The first-order valence-electron chi connectivity index (χ1n) is 5.57. The fourth-order valence-electron chi connectivity index (χ4n) is 1.67. The van der Waals surface area contributed by atoms with Gasteiger partial charge in [-0.25, -0.2) is 0 Å². The second-order valence-electron chi connectivity index (χ2n) is 4.00. The number of benzene rings is 2. The summed E-state index contributed by atoms with van der Waals surface area (Å²) in [6.07, 6.45) is 0.308. The van der Waals surface area contributed by atoms with Crippen molar-refractivity contribution in [2.75, 3.05) is 11.1 Å². The van der Waals surface area contributed by atoms with Gasteiger partial charge in [0.15, 0.2) is 0 Å². The second-order valence-corrected chi connectivity index (χ2v) is 5.77. The van der Waals surface area contributed by atoms with Gasteiger partial charge in [0.1, 0.15) is 0 Å². The molecule has 0 saturated carbocycles. The summed E-state index contributed by atoms with van der Waals surface area (Å²) in [6, 6.07) is 13.6. The van der Waals surface area contributed by atoms with E-state index >= 15 is 0 Å². The predicted molar refractivity (Wildman–Crippen MR) is 85.3 cm³/mol. The van der Waals surface area contributed by atoms with Crippen molar-refractivity contribution in [3.8, 4) is 6.07 Å². The van der Waals surface area contributed by atoms with Gasteiger partial charge in [0.2, 0.25) is 0 Å². The van der Waals surface area contributed by atoms with Gasteiger partial charge in [-0.05, 0) is 57.9 Å². The number of nitrogens with zero attached hydrogens (tertiary/aromatic N) is 1. The van der Waals surface area contributed by atoms with E-state index in [2.05, 4.69) is 43.2 Å². The van der Waals surface area contributed by atoms with Gasteiger partial charge in [-0.15, -0.1) is 0 Å². The van der Waals surface area contributed by atoms with Crippen LogP contribution in [0, 0.1) is 11.3 Å². The molecule has 0 aliphatic heterocycles. The number of hydrogen-bond acceptors (Lipinski definition) is 3. The minimum Gasteiger partial charge on any atom is -0.398 e. The molecule has 0 aromatic heterocycles. The summed E-state index contributed by atoms with van der Waals surface area (Å²) in [5.74, 6) is 0. The molecule has 2 aromatic rings. The third-order valence-electron chi connectivity index (χ3n) is 2.62. The molecule has 0 aliphatic carbocycles. The van der Waals surface area contributed by atoms with Gasteiger partial charge in [-0.2, -0.15) is 5.26 Å². The third kappa shape index (κ3) is 3.49. The van der Waals surface area contributed by atoms with Crippen LogP contribution in [-0.4, -0.2) is 0 Å². The van der Waals surface area contributed by atoms with E-state index < -0.39 is 0 Å². The SMILES string of the molecule is N#CCc1cc(Nc2ccc(Br)cc2Br)ccc1N. The zero-order valence-electron chi connectivity index (χ0n) is 9.95. The zero-order valence-corrected chi connectivity index (χ0v) is 13.1. The Kier molecular flexibility index (Phi) is 4.46. The number of anilines is 3. The molecule has 0 amide bonds. The Morgan fingerprint density at radius 1 is 1.16 bits per heavy atom. The molecule has 3 nitrogen and oxygen atoms in total. The van der Waals surface area contributed by atoms with Crippen molar-refractivity contribution in [3.63, 3.8) is 0 Å². The van der Waals surface area contributed by atoms with E-state index in [1.54, 1.807) is 0 Å². The van der Waals surface area contributed by atoms with Gasteiger partial charge in [-0.1, -0.05) is 15.9 Å². The molecule has 2 aromatic carbocycles. The average molecular weight is 381 g/mol. The monoisotopic (exact) mass is 379 g/mol. The quantitative estimate of drug-likeness (QED) is 0.764. The van der Waals surface area contributed by atoms with Crippen LogP contribution < -0.4 is 11.1 Å². The van der Waals surface area contributed by atoms with Crippen molar-refractivity contribution < 1.29 is 0 Å². The molecule has 0 unspecified atom stereocenters. The summed E-state index contributed by atoms with van der Waals surface area (Å²) in [7, 11) is 0. The van der Waals surface area contributed by atoms with Gasteiger partial charge >= 0.3 is 0 Å². The summed E-state index contributed by atoms with van der Waals surface area (Å²) in [5, 5.41) is 12.1. The molecule has 0 saturated heterocycles. The molecular formula is C14H11Br2N3. The van der Waals surface area contributed by atoms with Crippen LogP contribution in [0.4, 0.5) is 17.1 Å². The Labute approximate surface area is 128 Å². The molecule has 0 spiro atoms. The van der Waals surface area contributed by atoms with E-state index in [1.807, 2.05) is 36.4 Å². The van der Waals surface area contributed by atoms with Crippen LogP contribution in [-0.2, 0) is 6.42 Å². The first kappa shape index (κ1) is 13.9. The Balaban J connectivity index is 2.28. The molecule has 96 valence electrons. The highest BCUT2D eigenvalue weighted by Crippen LogP contribution is 2.29. The van der Waals surface area contributed by atoms with Crippen LogP contribution in [0.2, 0.25) is 0 Å². The van der Waals surface area contributed by atoms with Gasteiger partial charge < -0.3 is 11.1 Å². The van der Waals surface area contributed by atoms with E-state index in [4.69, 9.17) is 11.0 Å². The number of nitrogens with one attached hydrogen (secondary N) is 1. The minimum absolute atomic E-state index is 0.308. The van der Waals surface area contributed by atoms with E-state index in [0.717, 1.165) is 25.9 Å². The van der Waals surface area contributed by atoms with Crippen molar-refractivity contribution in [1.29, 1.82) is 5.26 Å². The van der Waals surface area contributed by atoms with Gasteiger partial charge in [0.05, 0.1) is 18.2 Å². The summed E-state index contributed by atoms with van der Waals surface area (Å²) in [4.78, 5) is 0. The lowest BCUT2D eigenvalue weighted by molar-refractivity contribution is 1.27. The van der Waals surface area contributed by atoms with Crippen LogP contribution in [0.1, 0.15) is 5.56 Å². The lowest BCUT2D eigenvalue weighted by Gasteiger charge is -2.11. The molecule has 0 bridgehead atoms. The molecule has 5 heteroatoms. The second kappa shape index (κ2) is 6.09. The number of hydrogen-bond donors (Lipinski definition) is 2. The fourth-order valence-corrected chi connectivity index (χ4v) is 2.81. The maximum atomic E-state index is 8.76. The summed E-state index contributed by atoms with van der Waals surface area (Å²) < 4.78 is 1.97. The fraction of sp³-hybridized carbons (Fsp3) is 0.0714. The van der Waals surface area contributed by atoms with Gasteiger partial charge in [0.25, 0.3) is 0 Å². The minimum atomic E-state index is 0.308. The van der Waals surface area contributed by atoms with E-state index in [9.17, 15) is 0 Å². The van der Waals surface area contributed by atoms with Crippen LogP contribution in [0.3, 0.4) is 0 Å².